The summed E-state index contributed by atoms with van der Waals surface area (Å²) in [6.07, 6.45) is 3.35. The normalized spacial score (nSPS) is 17.8. The Bertz CT molecular complexity index is 859. The molecule has 0 saturated heterocycles. The predicted molar refractivity (Wildman–Crippen MR) is 96.4 cm³/mol. The fraction of sp³-hybridized carbons (Fsp3) is 0.421. The van der Waals surface area contributed by atoms with Crippen LogP contribution in [-0.4, -0.2) is 46.8 Å². The Morgan fingerprint density at radius 3 is 2.39 bits per heavy atom. The molecule has 0 spiro atoms. The maximum atomic E-state index is 12.8. The van der Waals surface area contributed by atoms with E-state index in [-0.39, 0.29) is 28.6 Å². The minimum atomic E-state index is -1.26. The Balaban J connectivity index is 1.76. The van der Waals surface area contributed by atoms with Crippen LogP contribution < -0.4 is 11.1 Å². The maximum absolute atomic E-state index is 12.8. The van der Waals surface area contributed by atoms with Crippen LogP contribution >= 0.6 is 0 Å². The van der Waals surface area contributed by atoms with Gasteiger partial charge in [0.05, 0.1) is 16.7 Å². The van der Waals surface area contributed by atoms with Crippen LogP contribution in [-0.2, 0) is 9.53 Å². The summed E-state index contributed by atoms with van der Waals surface area (Å²) in [7, 11) is 0. The highest BCUT2D eigenvalue weighted by molar-refractivity contribution is 6.22. The average Bonchev–Trinajstić information content (AvgIpc) is 2.92. The molecule has 0 radical (unpaired) electrons. The summed E-state index contributed by atoms with van der Waals surface area (Å²) in [4.78, 5) is 61.3. The van der Waals surface area contributed by atoms with Crippen molar-refractivity contribution in [2.24, 2.45) is 5.73 Å². The van der Waals surface area contributed by atoms with Crippen molar-refractivity contribution in [2.45, 2.75) is 51.2 Å². The molecule has 3 rings (SSSR count). The molecule has 1 aromatic carbocycles. The minimum absolute atomic E-state index is 0.0316. The number of imide groups is 2. The zero-order valence-electron chi connectivity index (χ0n) is 15.4. The SMILES string of the molecule is C[C@H](OC(=O)c1ccc2c(c1)C(=O)N(C1CCCCC1)C2=O)C(=O)NC(N)=O. The Morgan fingerprint density at radius 1 is 1.11 bits per heavy atom. The summed E-state index contributed by atoms with van der Waals surface area (Å²) in [5, 5.41) is 1.81. The van der Waals surface area contributed by atoms with Crippen molar-refractivity contribution in [3.05, 3.63) is 34.9 Å². The van der Waals surface area contributed by atoms with Crippen LogP contribution in [0.3, 0.4) is 0 Å². The number of urea groups is 1. The fourth-order valence-electron chi connectivity index (χ4n) is 3.56. The van der Waals surface area contributed by atoms with Gasteiger partial charge in [0.1, 0.15) is 0 Å². The molecular weight excluding hydrogens is 366 g/mol. The van der Waals surface area contributed by atoms with E-state index in [1.165, 1.54) is 30.0 Å². The summed E-state index contributed by atoms with van der Waals surface area (Å²) in [5.74, 6) is -2.48. The standard InChI is InChI=1S/C19H21N3O6/c1-10(15(23)21-19(20)27)28-18(26)11-7-8-13-14(9-11)17(25)22(16(13)24)12-5-3-2-4-6-12/h7-10,12H,2-6H2,1H3,(H3,20,21,23,27)/t10-/m0/s1. The first-order valence-corrected chi connectivity index (χ1v) is 9.13. The summed E-state index contributed by atoms with van der Waals surface area (Å²) < 4.78 is 5.00. The molecule has 9 nitrogen and oxygen atoms in total. The number of amides is 5. The van der Waals surface area contributed by atoms with E-state index in [1.54, 1.807) is 0 Å². The third-order valence-corrected chi connectivity index (χ3v) is 4.99. The van der Waals surface area contributed by atoms with E-state index in [1.807, 2.05) is 5.32 Å². The number of nitrogens with zero attached hydrogens (tertiary/aromatic N) is 1. The lowest BCUT2D eigenvalue weighted by atomic mass is 9.94. The summed E-state index contributed by atoms with van der Waals surface area (Å²) in [5.41, 5.74) is 5.29. The van der Waals surface area contributed by atoms with Gasteiger partial charge in [0.25, 0.3) is 17.7 Å². The Kier molecular flexibility index (Phi) is 5.43. The van der Waals surface area contributed by atoms with Crippen LogP contribution in [0.5, 0.6) is 0 Å². The van der Waals surface area contributed by atoms with Crippen LogP contribution in [0, 0.1) is 0 Å². The van der Waals surface area contributed by atoms with Crippen molar-refractivity contribution in [3.8, 4) is 0 Å². The van der Waals surface area contributed by atoms with Crippen molar-refractivity contribution in [1.29, 1.82) is 0 Å². The molecule has 1 aliphatic heterocycles. The first kappa shape index (κ1) is 19.5. The van der Waals surface area contributed by atoms with Crippen LogP contribution in [0.2, 0.25) is 0 Å². The van der Waals surface area contributed by atoms with Crippen LogP contribution in [0.25, 0.3) is 0 Å². The van der Waals surface area contributed by atoms with Crippen LogP contribution in [0.1, 0.15) is 70.1 Å². The third-order valence-electron chi connectivity index (χ3n) is 4.99. The Hall–Kier alpha value is -3.23. The molecule has 5 amide bonds. The van der Waals surface area contributed by atoms with Gasteiger partial charge in [-0.3, -0.25) is 24.6 Å². The number of nitrogens with two attached hydrogens (primary N) is 1. The quantitative estimate of drug-likeness (QED) is 0.591. The second-order valence-corrected chi connectivity index (χ2v) is 6.93. The second kappa shape index (κ2) is 7.79. The average molecular weight is 387 g/mol. The second-order valence-electron chi connectivity index (χ2n) is 6.93. The van der Waals surface area contributed by atoms with E-state index in [4.69, 9.17) is 10.5 Å². The van der Waals surface area contributed by atoms with Crippen LogP contribution in [0.15, 0.2) is 18.2 Å². The predicted octanol–water partition coefficient (Wildman–Crippen LogP) is 1.36. The topological polar surface area (TPSA) is 136 Å². The molecule has 28 heavy (non-hydrogen) atoms. The highest BCUT2D eigenvalue weighted by Crippen LogP contribution is 2.31. The number of hydrogen-bond donors (Lipinski definition) is 2. The third kappa shape index (κ3) is 3.73. The molecule has 3 N–H and O–H groups in total. The molecule has 9 heteroatoms. The van der Waals surface area contributed by atoms with E-state index in [2.05, 4.69) is 0 Å². The lowest BCUT2D eigenvalue weighted by Crippen LogP contribution is -2.42. The van der Waals surface area contributed by atoms with Gasteiger partial charge in [-0.25, -0.2) is 9.59 Å². The van der Waals surface area contributed by atoms with E-state index in [0.717, 1.165) is 32.1 Å². The number of benzene rings is 1. The highest BCUT2D eigenvalue weighted by Gasteiger charge is 2.40. The maximum Gasteiger partial charge on any atom is 0.338 e. The number of rotatable bonds is 4. The van der Waals surface area contributed by atoms with Gasteiger partial charge in [0, 0.05) is 6.04 Å². The molecule has 1 saturated carbocycles. The number of carbonyl (C=O) groups is 5. The van der Waals surface area contributed by atoms with E-state index >= 15 is 0 Å². The van der Waals surface area contributed by atoms with E-state index < -0.39 is 29.9 Å². The van der Waals surface area contributed by atoms with Crippen molar-refractivity contribution < 1.29 is 28.7 Å². The molecule has 1 fully saturated rings. The highest BCUT2D eigenvalue weighted by atomic mass is 16.5. The monoisotopic (exact) mass is 387 g/mol. The molecule has 1 atom stereocenters. The number of esters is 1. The van der Waals surface area contributed by atoms with Gasteiger partial charge in [-0.1, -0.05) is 19.3 Å². The fourth-order valence-corrected chi connectivity index (χ4v) is 3.56. The molecule has 1 heterocycles. The molecular formula is C19H21N3O6. The molecule has 1 aromatic rings. The number of nitrogens with one attached hydrogen (secondary N) is 1. The molecule has 1 aliphatic carbocycles. The zero-order chi connectivity index (χ0) is 20.4. The number of hydrogen-bond acceptors (Lipinski definition) is 6. The molecule has 0 bridgehead atoms. The van der Waals surface area contributed by atoms with Crippen molar-refractivity contribution in [1.82, 2.24) is 10.2 Å². The number of carbonyl (C=O) groups excluding carboxylic acids is 5. The first-order valence-electron chi connectivity index (χ1n) is 9.13. The van der Waals surface area contributed by atoms with Gasteiger partial charge in [0.15, 0.2) is 6.10 Å². The van der Waals surface area contributed by atoms with Gasteiger partial charge in [-0.2, -0.15) is 0 Å². The van der Waals surface area contributed by atoms with Gasteiger partial charge in [-0.15, -0.1) is 0 Å². The molecule has 0 unspecified atom stereocenters. The smallest absolute Gasteiger partial charge is 0.338 e. The summed E-state index contributed by atoms with van der Waals surface area (Å²) in [6, 6.07) is 2.92. The van der Waals surface area contributed by atoms with Gasteiger partial charge < -0.3 is 10.5 Å². The lowest BCUT2D eigenvalue weighted by Gasteiger charge is -2.29. The Labute approximate surface area is 161 Å². The van der Waals surface area contributed by atoms with Gasteiger partial charge in [-0.05, 0) is 38.0 Å². The largest absolute Gasteiger partial charge is 0.449 e. The molecule has 0 aromatic heterocycles. The first-order chi connectivity index (χ1) is 13.3. The van der Waals surface area contributed by atoms with Crippen molar-refractivity contribution in [3.63, 3.8) is 0 Å². The van der Waals surface area contributed by atoms with Gasteiger partial charge >= 0.3 is 12.0 Å². The van der Waals surface area contributed by atoms with Crippen molar-refractivity contribution >= 4 is 29.7 Å². The van der Waals surface area contributed by atoms with Crippen molar-refractivity contribution in [2.75, 3.05) is 0 Å². The van der Waals surface area contributed by atoms with Gasteiger partial charge in [0.2, 0.25) is 0 Å². The zero-order valence-corrected chi connectivity index (χ0v) is 15.4. The van der Waals surface area contributed by atoms with E-state index in [0.29, 0.717) is 0 Å². The number of fused-ring (bicyclic) bond motifs is 1. The number of ether oxygens (including phenoxy) is 1. The summed E-state index contributed by atoms with van der Waals surface area (Å²) in [6.45, 7) is 1.28. The molecule has 148 valence electrons. The minimum Gasteiger partial charge on any atom is -0.449 e. The number of primary amides is 1. The Morgan fingerprint density at radius 2 is 1.75 bits per heavy atom. The van der Waals surface area contributed by atoms with Crippen LogP contribution in [0.4, 0.5) is 4.79 Å². The van der Waals surface area contributed by atoms with E-state index in [9.17, 15) is 24.0 Å². The molecule has 2 aliphatic rings. The summed E-state index contributed by atoms with van der Waals surface area (Å²) >= 11 is 0. The lowest BCUT2D eigenvalue weighted by molar-refractivity contribution is -0.127.